The number of carbonyl (C=O) groups excluding carboxylic acids is 1. The molecule has 5 nitrogen and oxygen atoms in total. The Morgan fingerprint density at radius 3 is 2.32 bits per heavy atom. The van der Waals surface area contributed by atoms with Crippen LogP contribution in [0.3, 0.4) is 0 Å². The van der Waals surface area contributed by atoms with Gasteiger partial charge in [-0.25, -0.2) is 0 Å². The molecule has 120 valence electrons. The molecule has 0 saturated heterocycles. The molecule has 0 aliphatic carbocycles. The summed E-state index contributed by atoms with van der Waals surface area (Å²) >= 11 is 0. The maximum Gasteiger partial charge on any atom is 0.269 e. The second-order valence-electron chi connectivity index (χ2n) is 5.71. The van der Waals surface area contributed by atoms with Gasteiger partial charge in [0, 0.05) is 18.8 Å². The lowest BCUT2D eigenvalue weighted by atomic mass is 10.1. The Kier molecular flexibility index (Phi) is 6.84. The molecular formula is C17H25N3O2. The van der Waals surface area contributed by atoms with Crippen LogP contribution in [0.25, 0.3) is 0 Å². The minimum absolute atomic E-state index is 0.00185. The van der Waals surface area contributed by atoms with Gasteiger partial charge in [-0.1, -0.05) is 27.7 Å². The first kappa shape index (κ1) is 18.0. The molecule has 1 amide bonds. The largest absolute Gasteiger partial charge is 0.341 e. The van der Waals surface area contributed by atoms with E-state index in [4.69, 9.17) is 5.26 Å². The molecule has 0 atom stereocenters. The van der Waals surface area contributed by atoms with E-state index in [-0.39, 0.29) is 29.5 Å². The first-order valence-electron chi connectivity index (χ1n) is 7.87. The molecule has 0 bridgehead atoms. The summed E-state index contributed by atoms with van der Waals surface area (Å²) in [5.74, 6) is 0.0434. The average Bonchev–Trinajstić information content (AvgIpc) is 2.48. The van der Waals surface area contributed by atoms with E-state index in [1.165, 1.54) is 10.6 Å². The normalized spacial score (nSPS) is 10.5. The van der Waals surface area contributed by atoms with E-state index in [1.807, 2.05) is 33.8 Å². The molecule has 0 radical (unpaired) electrons. The summed E-state index contributed by atoms with van der Waals surface area (Å²) in [7, 11) is 0. The minimum Gasteiger partial charge on any atom is -0.341 e. The van der Waals surface area contributed by atoms with Gasteiger partial charge in [-0.05, 0) is 30.9 Å². The van der Waals surface area contributed by atoms with Gasteiger partial charge in [0.1, 0.15) is 18.2 Å². The topological polar surface area (TPSA) is 66.1 Å². The van der Waals surface area contributed by atoms with Gasteiger partial charge in [-0.15, -0.1) is 0 Å². The van der Waals surface area contributed by atoms with E-state index in [0.717, 1.165) is 18.5 Å². The zero-order valence-electron chi connectivity index (χ0n) is 13.9. The Morgan fingerprint density at radius 1 is 1.27 bits per heavy atom. The monoisotopic (exact) mass is 303 g/mol. The highest BCUT2D eigenvalue weighted by atomic mass is 16.2. The fourth-order valence-corrected chi connectivity index (χ4v) is 2.48. The van der Waals surface area contributed by atoms with Crippen molar-refractivity contribution < 1.29 is 4.79 Å². The van der Waals surface area contributed by atoms with Crippen molar-refractivity contribution in [1.82, 2.24) is 9.47 Å². The van der Waals surface area contributed by atoms with Crippen LogP contribution in [0.4, 0.5) is 0 Å². The van der Waals surface area contributed by atoms with E-state index in [0.29, 0.717) is 13.1 Å². The Hall–Kier alpha value is -2.09. The van der Waals surface area contributed by atoms with Crippen LogP contribution in [0, 0.1) is 11.3 Å². The van der Waals surface area contributed by atoms with Crippen molar-refractivity contribution in [3.8, 4) is 6.07 Å². The fraction of sp³-hybridized carbons (Fsp3) is 0.588. The van der Waals surface area contributed by atoms with Crippen molar-refractivity contribution >= 4 is 5.91 Å². The second kappa shape index (κ2) is 8.38. The van der Waals surface area contributed by atoms with Gasteiger partial charge in [0.2, 0.25) is 5.91 Å². The minimum atomic E-state index is -0.380. The third kappa shape index (κ3) is 4.20. The van der Waals surface area contributed by atoms with Crippen LogP contribution in [0.2, 0.25) is 0 Å². The Morgan fingerprint density at radius 2 is 1.86 bits per heavy atom. The summed E-state index contributed by atoms with van der Waals surface area (Å²) in [6.45, 7) is 9.37. The predicted octanol–water partition coefficient (Wildman–Crippen LogP) is 2.49. The van der Waals surface area contributed by atoms with Gasteiger partial charge in [0.25, 0.3) is 5.56 Å². The van der Waals surface area contributed by atoms with Crippen LogP contribution in [-0.2, 0) is 11.3 Å². The molecule has 0 spiro atoms. The van der Waals surface area contributed by atoms with Crippen molar-refractivity contribution in [2.75, 3.05) is 13.1 Å². The lowest BCUT2D eigenvalue weighted by molar-refractivity contribution is -0.132. The summed E-state index contributed by atoms with van der Waals surface area (Å²) in [5, 5.41) is 9.03. The molecule has 1 aromatic heterocycles. The summed E-state index contributed by atoms with van der Waals surface area (Å²) in [4.78, 5) is 26.7. The third-order valence-corrected chi connectivity index (χ3v) is 3.55. The van der Waals surface area contributed by atoms with Crippen molar-refractivity contribution in [3.63, 3.8) is 0 Å². The number of rotatable bonds is 7. The van der Waals surface area contributed by atoms with Gasteiger partial charge in [-0.2, -0.15) is 5.26 Å². The van der Waals surface area contributed by atoms with E-state index in [9.17, 15) is 9.59 Å². The summed E-state index contributed by atoms with van der Waals surface area (Å²) < 4.78 is 1.45. The summed E-state index contributed by atoms with van der Waals surface area (Å²) in [6, 6.07) is 5.20. The number of hydrogen-bond donors (Lipinski definition) is 0. The second-order valence-corrected chi connectivity index (χ2v) is 5.71. The van der Waals surface area contributed by atoms with Gasteiger partial charge >= 0.3 is 0 Å². The molecule has 1 heterocycles. The van der Waals surface area contributed by atoms with Gasteiger partial charge in [-0.3, -0.25) is 9.59 Å². The molecule has 0 saturated carbocycles. The summed E-state index contributed by atoms with van der Waals surface area (Å²) in [6.07, 6.45) is 1.77. The highest BCUT2D eigenvalue weighted by Crippen LogP contribution is 2.13. The molecule has 0 aliphatic heterocycles. The Balaban J connectivity index is 3.17. The van der Waals surface area contributed by atoms with Crippen molar-refractivity contribution in [1.29, 1.82) is 5.26 Å². The van der Waals surface area contributed by atoms with Crippen LogP contribution in [0.5, 0.6) is 0 Å². The predicted molar refractivity (Wildman–Crippen MR) is 86.7 cm³/mol. The number of aromatic nitrogens is 1. The Labute approximate surface area is 132 Å². The molecule has 0 aliphatic rings. The average molecular weight is 303 g/mol. The first-order valence-corrected chi connectivity index (χ1v) is 7.87. The smallest absolute Gasteiger partial charge is 0.269 e. The molecule has 0 fully saturated rings. The quantitative estimate of drug-likeness (QED) is 0.777. The number of hydrogen-bond acceptors (Lipinski definition) is 3. The highest BCUT2D eigenvalue weighted by molar-refractivity contribution is 5.76. The molecule has 22 heavy (non-hydrogen) atoms. The molecule has 1 aromatic rings. The standard InChI is InChI=1S/C17H25N3O2/c1-5-9-19(10-6-2)16(21)12-20-15(13(3)4)8-7-14(11-18)17(20)22/h7-8,13H,5-6,9-10,12H2,1-4H3. The van der Waals surface area contributed by atoms with Crippen molar-refractivity contribution in [3.05, 3.63) is 33.7 Å². The fourth-order valence-electron chi connectivity index (χ4n) is 2.48. The lowest BCUT2D eigenvalue weighted by Crippen LogP contribution is -2.39. The van der Waals surface area contributed by atoms with Crippen molar-refractivity contribution in [2.24, 2.45) is 0 Å². The van der Waals surface area contributed by atoms with Crippen molar-refractivity contribution in [2.45, 2.75) is 53.0 Å². The molecule has 0 aromatic carbocycles. The maximum atomic E-state index is 12.5. The van der Waals surface area contributed by atoms with Crippen LogP contribution < -0.4 is 5.56 Å². The SMILES string of the molecule is CCCN(CCC)C(=O)Cn1c(C(C)C)ccc(C#N)c1=O. The van der Waals surface area contributed by atoms with E-state index in [2.05, 4.69) is 0 Å². The number of nitrogens with zero attached hydrogens (tertiary/aromatic N) is 3. The number of nitriles is 1. The number of pyridine rings is 1. The van der Waals surface area contributed by atoms with Crippen LogP contribution in [0.1, 0.15) is 57.7 Å². The van der Waals surface area contributed by atoms with E-state index < -0.39 is 0 Å². The van der Waals surface area contributed by atoms with Gasteiger partial charge in [0.05, 0.1) is 0 Å². The molecule has 5 heteroatoms. The third-order valence-electron chi connectivity index (χ3n) is 3.55. The van der Waals surface area contributed by atoms with Crippen LogP contribution >= 0.6 is 0 Å². The zero-order valence-corrected chi connectivity index (χ0v) is 13.9. The Bertz CT molecular complexity index is 605. The first-order chi connectivity index (χ1) is 10.5. The molecule has 0 unspecified atom stereocenters. The molecular weight excluding hydrogens is 278 g/mol. The molecule has 0 N–H and O–H groups in total. The van der Waals surface area contributed by atoms with Crippen LogP contribution in [0.15, 0.2) is 16.9 Å². The molecule has 1 rings (SSSR count). The summed E-state index contributed by atoms with van der Waals surface area (Å²) in [5.41, 5.74) is 0.482. The number of carbonyl (C=O) groups is 1. The highest BCUT2D eigenvalue weighted by Gasteiger charge is 2.17. The van der Waals surface area contributed by atoms with Crippen LogP contribution in [-0.4, -0.2) is 28.5 Å². The van der Waals surface area contributed by atoms with E-state index in [1.54, 1.807) is 11.0 Å². The van der Waals surface area contributed by atoms with Gasteiger partial charge < -0.3 is 9.47 Å². The van der Waals surface area contributed by atoms with Gasteiger partial charge in [0.15, 0.2) is 0 Å². The van der Waals surface area contributed by atoms with E-state index >= 15 is 0 Å². The maximum absolute atomic E-state index is 12.5. The zero-order chi connectivity index (χ0) is 16.7. The lowest BCUT2D eigenvalue weighted by Gasteiger charge is -2.23. The number of amides is 1.